The number of aliphatic hydroxyl groups excluding tert-OH is 1. The van der Waals surface area contributed by atoms with Crippen LogP contribution < -0.4 is 16.0 Å². The fourth-order valence-corrected chi connectivity index (χ4v) is 4.33. The minimum atomic E-state index is -1.50. The van der Waals surface area contributed by atoms with Crippen LogP contribution in [0.1, 0.15) is 97.6 Å². The molecular formula is C30H49ClN4O8S. The van der Waals surface area contributed by atoms with E-state index in [9.17, 15) is 24.3 Å². The lowest BCUT2D eigenvalue weighted by atomic mass is 9.99. The third-order valence-corrected chi connectivity index (χ3v) is 6.70. The molecule has 0 aliphatic carbocycles. The van der Waals surface area contributed by atoms with Crippen LogP contribution in [0.3, 0.4) is 0 Å². The van der Waals surface area contributed by atoms with Crippen molar-refractivity contribution in [3.05, 3.63) is 28.2 Å². The van der Waals surface area contributed by atoms with Crippen LogP contribution in [-0.4, -0.2) is 75.0 Å². The van der Waals surface area contributed by atoms with E-state index in [1.807, 2.05) is 0 Å². The molecule has 0 aliphatic heterocycles. The summed E-state index contributed by atoms with van der Waals surface area (Å²) in [4.78, 5) is 54.7. The minimum absolute atomic E-state index is 0.0807. The Morgan fingerprint density at radius 1 is 1.05 bits per heavy atom. The standard InChI is InChI=1S/C30H49ClN4O8S/c1-18(2)23(34-26(39)30(9,10)35-27(40)43-29(6,7)8)25(38)41-19(13-11-12-14-31)15-21(36)32-16-22-33-20(17-44-22)24(37)42-28(3,4)5/h11,13,17-19,23,25,38H,12,14-16H2,1-10H3,(H,32,36)(H,34,39)(H,35,40)/b13-11+/t19-,23+,25?/m1/s1. The van der Waals surface area contributed by atoms with Crippen LogP contribution in [-0.2, 0) is 30.3 Å². The number of ether oxygens (including phenoxy) is 3. The van der Waals surface area contributed by atoms with Crippen molar-refractivity contribution in [1.29, 1.82) is 0 Å². The highest BCUT2D eigenvalue weighted by Gasteiger charge is 2.36. The van der Waals surface area contributed by atoms with Crippen LogP contribution in [0.5, 0.6) is 0 Å². The van der Waals surface area contributed by atoms with Gasteiger partial charge in [0.05, 0.1) is 25.1 Å². The molecule has 0 saturated carbocycles. The first-order valence-corrected chi connectivity index (χ1v) is 15.9. The molecule has 1 rings (SSSR count). The molecule has 0 aliphatic rings. The molecule has 14 heteroatoms. The topological polar surface area (TPSA) is 165 Å². The van der Waals surface area contributed by atoms with E-state index in [4.69, 9.17) is 25.8 Å². The zero-order chi connectivity index (χ0) is 33.9. The van der Waals surface area contributed by atoms with Gasteiger partial charge in [0.2, 0.25) is 11.8 Å². The summed E-state index contributed by atoms with van der Waals surface area (Å²) in [6, 6.07) is -0.879. The van der Waals surface area contributed by atoms with Crippen LogP contribution in [0.4, 0.5) is 4.79 Å². The van der Waals surface area contributed by atoms with Crippen LogP contribution in [0.15, 0.2) is 17.5 Å². The number of rotatable bonds is 15. The van der Waals surface area contributed by atoms with Gasteiger partial charge in [-0.3, -0.25) is 9.59 Å². The lowest BCUT2D eigenvalue weighted by molar-refractivity contribution is -0.159. The van der Waals surface area contributed by atoms with Crippen molar-refractivity contribution in [3.63, 3.8) is 0 Å². The minimum Gasteiger partial charge on any atom is -0.455 e. The second kappa shape index (κ2) is 17.1. The molecule has 0 saturated heterocycles. The number of halogens is 1. The number of aliphatic hydroxyl groups is 1. The van der Waals surface area contributed by atoms with Crippen LogP contribution in [0.25, 0.3) is 0 Å². The Balaban J connectivity index is 2.88. The molecule has 44 heavy (non-hydrogen) atoms. The maximum Gasteiger partial charge on any atom is 0.408 e. The van der Waals surface area contributed by atoms with Gasteiger partial charge in [-0.2, -0.15) is 0 Å². The number of alkyl halides is 1. The lowest BCUT2D eigenvalue weighted by Crippen LogP contribution is -2.60. The number of nitrogens with zero attached hydrogens (tertiary/aromatic N) is 1. The molecular weight excluding hydrogens is 612 g/mol. The molecule has 12 nitrogen and oxygen atoms in total. The summed E-state index contributed by atoms with van der Waals surface area (Å²) in [6.07, 6.45) is 0.624. The first-order chi connectivity index (χ1) is 20.1. The van der Waals surface area contributed by atoms with Crippen LogP contribution >= 0.6 is 22.9 Å². The van der Waals surface area contributed by atoms with Gasteiger partial charge >= 0.3 is 12.1 Å². The van der Waals surface area contributed by atoms with Gasteiger partial charge in [-0.15, -0.1) is 22.9 Å². The molecule has 3 amide bonds. The summed E-state index contributed by atoms with van der Waals surface area (Å²) in [5.74, 6) is -1.43. The predicted octanol–water partition coefficient (Wildman–Crippen LogP) is 4.44. The van der Waals surface area contributed by atoms with Gasteiger partial charge in [0, 0.05) is 11.3 Å². The fourth-order valence-electron chi connectivity index (χ4n) is 3.50. The molecule has 250 valence electrons. The number of amides is 3. The highest BCUT2D eigenvalue weighted by atomic mass is 35.5. The van der Waals surface area contributed by atoms with Crippen molar-refractivity contribution in [2.45, 2.75) is 124 Å². The third kappa shape index (κ3) is 15.3. The monoisotopic (exact) mass is 660 g/mol. The highest BCUT2D eigenvalue weighted by Crippen LogP contribution is 2.17. The predicted molar refractivity (Wildman–Crippen MR) is 169 cm³/mol. The normalized spacial score (nSPS) is 14.6. The molecule has 0 bridgehead atoms. The molecule has 3 atom stereocenters. The molecule has 1 unspecified atom stereocenters. The molecule has 0 spiro atoms. The van der Waals surface area contributed by atoms with Crippen molar-refractivity contribution < 1.29 is 38.5 Å². The summed E-state index contributed by atoms with van der Waals surface area (Å²) in [5.41, 5.74) is -2.61. The molecule has 1 aromatic rings. The number of allylic oxidation sites excluding steroid dienone is 1. The van der Waals surface area contributed by atoms with Gasteiger partial charge in [-0.05, 0) is 67.7 Å². The Morgan fingerprint density at radius 3 is 2.20 bits per heavy atom. The summed E-state index contributed by atoms with van der Waals surface area (Å²) in [6.45, 7) is 17.1. The Hall–Kier alpha value is -2.74. The molecule has 0 fully saturated rings. The van der Waals surface area contributed by atoms with Gasteiger partial charge in [0.25, 0.3) is 0 Å². The van der Waals surface area contributed by atoms with Crippen molar-refractivity contribution in [1.82, 2.24) is 20.9 Å². The molecule has 0 radical (unpaired) electrons. The number of carbonyl (C=O) groups excluding carboxylic acids is 4. The second-order valence-electron chi connectivity index (χ2n) is 13.1. The van der Waals surface area contributed by atoms with E-state index in [0.717, 1.165) is 0 Å². The summed E-state index contributed by atoms with van der Waals surface area (Å²) in [7, 11) is 0. The van der Waals surface area contributed by atoms with Gasteiger partial charge in [0.1, 0.15) is 21.7 Å². The number of carbonyl (C=O) groups is 4. The third-order valence-electron chi connectivity index (χ3n) is 5.63. The van der Waals surface area contributed by atoms with E-state index >= 15 is 0 Å². The number of aromatic nitrogens is 1. The Bertz CT molecular complexity index is 1140. The molecule has 0 aromatic carbocycles. The SMILES string of the molecule is CC(C)[C@H](NC(=O)C(C)(C)NC(=O)OC(C)(C)C)C(O)O[C@H](/C=C/CCCl)CC(=O)NCc1nc(C(=O)OC(C)(C)C)cs1. The first kappa shape index (κ1) is 39.3. The zero-order valence-electron chi connectivity index (χ0n) is 27.4. The number of esters is 1. The smallest absolute Gasteiger partial charge is 0.408 e. The van der Waals surface area contributed by atoms with E-state index in [0.29, 0.717) is 17.3 Å². The van der Waals surface area contributed by atoms with Crippen molar-refractivity contribution in [3.8, 4) is 0 Å². The van der Waals surface area contributed by atoms with E-state index in [1.165, 1.54) is 25.2 Å². The number of hydrogen-bond donors (Lipinski definition) is 4. The van der Waals surface area contributed by atoms with Gasteiger partial charge in [-0.25, -0.2) is 14.6 Å². The maximum absolute atomic E-state index is 13.1. The molecule has 1 aromatic heterocycles. The Kier molecular flexibility index (Phi) is 15.3. The Morgan fingerprint density at radius 2 is 1.66 bits per heavy atom. The maximum atomic E-state index is 13.1. The lowest BCUT2D eigenvalue weighted by Gasteiger charge is -2.33. The van der Waals surface area contributed by atoms with Crippen molar-refractivity contribution >= 4 is 46.8 Å². The van der Waals surface area contributed by atoms with Gasteiger partial charge < -0.3 is 35.3 Å². The van der Waals surface area contributed by atoms with E-state index in [-0.39, 0.29) is 30.5 Å². The van der Waals surface area contributed by atoms with Crippen molar-refractivity contribution in [2.24, 2.45) is 5.92 Å². The van der Waals surface area contributed by atoms with Crippen LogP contribution in [0, 0.1) is 5.92 Å². The number of thiazole rings is 1. The summed E-state index contributed by atoms with van der Waals surface area (Å²) < 4.78 is 16.4. The largest absolute Gasteiger partial charge is 0.455 e. The average Bonchev–Trinajstić information content (AvgIpc) is 3.32. The number of hydrogen-bond acceptors (Lipinski definition) is 10. The van der Waals surface area contributed by atoms with E-state index < -0.39 is 53.1 Å². The van der Waals surface area contributed by atoms with Crippen molar-refractivity contribution in [2.75, 3.05) is 5.88 Å². The fraction of sp³-hybridized carbons (Fsp3) is 0.700. The quantitative estimate of drug-likeness (QED) is 0.0921. The zero-order valence-corrected chi connectivity index (χ0v) is 29.0. The summed E-state index contributed by atoms with van der Waals surface area (Å²) in [5, 5.41) is 21.1. The summed E-state index contributed by atoms with van der Waals surface area (Å²) >= 11 is 7.00. The van der Waals surface area contributed by atoms with Gasteiger partial charge in [0.15, 0.2) is 12.0 Å². The van der Waals surface area contributed by atoms with E-state index in [1.54, 1.807) is 72.9 Å². The molecule has 4 N–H and O–H groups in total. The number of nitrogens with one attached hydrogen (secondary N) is 3. The average molecular weight is 661 g/mol. The Labute approximate surface area is 269 Å². The first-order valence-electron chi connectivity index (χ1n) is 14.5. The molecule has 1 heterocycles. The van der Waals surface area contributed by atoms with Gasteiger partial charge in [-0.1, -0.05) is 26.0 Å². The second-order valence-corrected chi connectivity index (χ2v) is 14.4. The van der Waals surface area contributed by atoms with E-state index in [2.05, 4.69) is 20.9 Å². The van der Waals surface area contributed by atoms with Crippen LogP contribution in [0.2, 0.25) is 0 Å². The highest BCUT2D eigenvalue weighted by molar-refractivity contribution is 7.09. The number of alkyl carbamates (subject to hydrolysis) is 1.